The summed E-state index contributed by atoms with van der Waals surface area (Å²) in [6.07, 6.45) is 1.64. The second-order valence-corrected chi connectivity index (χ2v) is 5.38. The topological polar surface area (TPSA) is 66.5 Å². The molecule has 5 nitrogen and oxygen atoms in total. The van der Waals surface area contributed by atoms with Crippen LogP contribution < -0.4 is 5.69 Å². The Morgan fingerprint density at radius 1 is 1.09 bits per heavy atom. The van der Waals surface area contributed by atoms with Crippen LogP contribution in [0.4, 0.5) is 0 Å². The molecule has 0 amide bonds. The lowest BCUT2D eigenvalue weighted by Gasteiger charge is -2.08. The van der Waals surface area contributed by atoms with E-state index in [0.717, 1.165) is 28.0 Å². The highest BCUT2D eigenvalue weighted by molar-refractivity contribution is 7.80. The number of H-pyrrole nitrogens is 2. The van der Waals surface area contributed by atoms with Crippen molar-refractivity contribution in [3.05, 3.63) is 65.3 Å². The zero-order chi connectivity index (χ0) is 15.1. The lowest BCUT2D eigenvalue weighted by Crippen LogP contribution is -2.15. The summed E-state index contributed by atoms with van der Waals surface area (Å²) in [5, 5.41) is 0.543. The monoisotopic (exact) mass is 308 g/mol. The minimum Gasteiger partial charge on any atom is -0.345 e. The molecule has 2 heterocycles. The molecule has 0 aliphatic carbocycles. The van der Waals surface area contributed by atoms with E-state index in [9.17, 15) is 4.79 Å². The minimum atomic E-state index is -0.220. The summed E-state index contributed by atoms with van der Waals surface area (Å²) in [5.74, 6) is 0. The van der Waals surface area contributed by atoms with E-state index < -0.39 is 0 Å². The summed E-state index contributed by atoms with van der Waals surface area (Å²) in [6.45, 7) is 0. The van der Waals surface area contributed by atoms with Crippen molar-refractivity contribution in [3.8, 4) is 16.9 Å². The summed E-state index contributed by atoms with van der Waals surface area (Å²) < 4.78 is 1.62. The maximum Gasteiger partial charge on any atom is 0.331 e. The number of hydrogen-bond donors (Lipinski definition) is 3. The Balaban J connectivity index is 2.00. The molecular formula is C16H12N4OS. The molecule has 4 aromatic rings. The third kappa shape index (κ3) is 1.96. The third-order valence-corrected chi connectivity index (χ3v) is 3.91. The first-order valence-electron chi connectivity index (χ1n) is 6.77. The van der Waals surface area contributed by atoms with E-state index in [1.165, 1.54) is 0 Å². The van der Waals surface area contributed by atoms with Gasteiger partial charge >= 0.3 is 5.69 Å². The molecule has 0 saturated heterocycles. The summed E-state index contributed by atoms with van der Waals surface area (Å²) in [5.41, 5.74) is 3.95. The number of thiol groups is 1. The number of rotatable bonds is 2. The third-order valence-electron chi connectivity index (χ3n) is 3.59. The lowest BCUT2D eigenvalue weighted by atomic mass is 10.1. The number of hydrogen-bond acceptors (Lipinski definition) is 3. The molecule has 6 heteroatoms. The smallest absolute Gasteiger partial charge is 0.331 e. The molecule has 0 radical (unpaired) electrons. The Morgan fingerprint density at radius 3 is 2.73 bits per heavy atom. The van der Waals surface area contributed by atoms with Gasteiger partial charge in [0.25, 0.3) is 0 Å². The van der Waals surface area contributed by atoms with Gasteiger partial charge in [-0.1, -0.05) is 30.3 Å². The van der Waals surface area contributed by atoms with Crippen LogP contribution in [0, 0.1) is 0 Å². The number of nitrogens with zero attached hydrogens (tertiary/aromatic N) is 2. The molecule has 0 unspecified atom stereocenters. The maximum atomic E-state index is 12.3. The van der Waals surface area contributed by atoms with Crippen LogP contribution in [0.25, 0.3) is 28.0 Å². The predicted molar refractivity (Wildman–Crippen MR) is 88.7 cm³/mol. The molecule has 0 fully saturated rings. The molecule has 0 bridgehead atoms. The molecule has 0 atom stereocenters. The highest BCUT2D eigenvalue weighted by Gasteiger charge is 2.15. The van der Waals surface area contributed by atoms with Crippen molar-refractivity contribution in [1.29, 1.82) is 0 Å². The van der Waals surface area contributed by atoms with Crippen LogP contribution in [0.15, 0.2) is 64.7 Å². The van der Waals surface area contributed by atoms with Crippen LogP contribution in [0.1, 0.15) is 0 Å². The zero-order valence-corrected chi connectivity index (χ0v) is 12.3. The Morgan fingerprint density at radius 2 is 1.91 bits per heavy atom. The van der Waals surface area contributed by atoms with Crippen LogP contribution in [0.3, 0.4) is 0 Å². The van der Waals surface area contributed by atoms with Crippen molar-refractivity contribution >= 4 is 23.7 Å². The molecule has 4 rings (SSSR count). The average Bonchev–Trinajstić information content (AvgIpc) is 3.11. The molecule has 0 saturated carbocycles. The first-order chi connectivity index (χ1) is 10.7. The zero-order valence-electron chi connectivity index (χ0n) is 11.4. The first kappa shape index (κ1) is 13.0. The molecule has 2 N–H and O–H groups in total. The fourth-order valence-electron chi connectivity index (χ4n) is 2.59. The van der Waals surface area contributed by atoms with Gasteiger partial charge in [0.1, 0.15) is 0 Å². The molecule has 2 aromatic heterocycles. The minimum absolute atomic E-state index is 0.220. The van der Waals surface area contributed by atoms with Crippen LogP contribution in [-0.2, 0) is 0 Å². The van der Waals surface area contributed by atoms with Crippen LogP contribution >= 0.6 is 12.6 Å². The van der Waals surface area contributed by atoms with E-state index >= 15 is 0 Å². The number of benzene rings is 2. The van der Waals surface area contributed by atoms with Gasteiger partial charge in [0.15, 0.2) is 0 Å². The number of fused-ring (bicyclic) bond motifs is 1. The molecule has 2 aromatic carbocycles. The van der Waals surface area contributed by atoms with E-state index in [1.54, 1.807) is 10.9 Å². The van der Waals surface area contributed by atoms with E-state index in [0.29, 0.717) is 5.03 Å². The second kappa shape index (κ2) is 4.92. The van der Waals surface area contributed by atoms with Crippen LogP contribution in [0.5, 0.6) is 0 Å². The Kier molecular flexibility index (Phi) is 2.90. The van der Waals surface area contributed by atoms with E-state index in [2.05, 4.69) is 27.6 Å². The van der Waals surface area contributed by atoms with E-state index in [1.807, 2.05) is 48.5 Å². The van der Waals surface area contributed by atoms with Crippen molar-refractivity contribution in [3.63, 3.8) is 0 Å². The van der Waals surface area contributed by atoms with Crippen molar-refractivity contribution in [1.82, 2.24) is 19.5 Å². The largest absolute Gasteiger partial charge is 0.345 e. The number of imidazole rings is 2. The van der Waals surface area contributed by atoms with Crippen molar-refractivity contribution < 1.29 is 0 Å². The second-order valence-electron chi connectivity index (χ2n) is 4.93. The fourth-order valence-corrected chi connectivity index (χ4v) is 2.92. The quantitative estimate of drug-likeness (QED) is 0.498. The highest BCUT2D eigenvalue weighted by atomic mass is 32.1. The Labute approximate surface area is 131 Å². The van der Waals surface area contributed by atoms with Gasteiger partial charge in [0, 0.05) is 5.56 Å². The summed E-state index contributed by atoms with van der Waals surface area (Å²) in [4.78, 5) is 22.4. The van der Waals surface area contributed by atoms with Crippen LogP contribution in [-0.4, -0.2) is 19.5 Å². The summed E-state index contributed by atoms with van der Waals surface area (Å²) in [7, 11) is 0. The number of nitrogens with one attached hydrogen (secondary N) is 2. The highest BCUT2D eigenvalue weighted by Crippen LogP contribution is 2.27. The van der Waals surface area contributed by atoms with Gasteiger partial charge in [-0.3, -0.25) is 4.57 Å². The van der Waals surface area contributed by atoms with Crippen molar-refractivity contribution in [2.24, 2.45) is 0 Å². The fraction of sp³-hybridized carbons (Fsp3) is 0. The molecule has 0 aliphatic heterocycles. The molecule has 0 spiro atoms. The maximum absolute atomic E-state index is 12.3. The molecule has 0 aliphatic rings. The molecule has 108 valence electrons. The Bertz CT molecular complexity index is 1010. The Hall–Kier alpha value is -2.73. The first-order valence-corrected chi connectivity index (χ1v) is 7.21. The van der Waals surface area contributed by atoms with Gasteiger partial charge < -0.3 is 9.97 Å². The summed E-state index contributed by atoms with van der Waals surface area (Å²) >= 11 is 4.41. The lowest BCUT2D eigenvalue weighted by molar-refractivity contribution is 0.992. The molecule has 22 heavy (non-hydrogen) atoms. The van der Waals surface area contributed by atoms with Gasteiger partial charge in [0.05, 0.1) is 33.8 Å². The van der Waals surface area contributed by atoms with Gasteiger partial charge in [-0.2, -0.15) is 0 Å². The standard InChI is InChI=1S/C16H12N4OS/c21-16-19-15(22)14(10-4-2-1-3-5-10)20(16)11-6-7-12-13(8-11)18-9-17-12/h1-9,22H,(H,17,18)(H,19,21). The SMILES string of the molecule is O=c1[nH]c(S)c(-c2ccccc2)n1-c1ccc2nc[nH]c2c1. The number of aromatic nitrogens is 4. The van der Waals surface area contributed by atoms with Gasteiger partial charge in [-0.25, -0.2) is 9.78 Å². The van der Waals surface area contributed by atoms with E-state index in [-0.39, 0.29) is 5.69 Å². The molecular weight excluding hydrogens is 296 g/mol. The average molecular weight is 308 g/mol. The van der Waals surface area contributed by atoms with Crippen molar-refractivity contribution in [2.45, 2.75) is 5.03 Å². The van der Waals surface area contributed by atoms with Gasteiger partial charge in [0.2, 0.25) is 0 Å². The van der Waals surface area contributed by atoms with Gasteiger partial charge in [-0.15, -0.1) is 12.6 Å². The van der Waals surface area contributed by atoms with E-state index in [4.69, 9.17) is 0 Å². The van der Waals surface area contributed by atoms with Crippen molar-refractivity contribution in [2.75, 3.05) is 0 Å². The predicted octanol–water partition coefficient (Wildman–Crippen LogP) is 3.00. The summed E-state index contributed by atoms with van der Waals surface area (Å²) in [6, 6.07) is 15.4. The number of aromatic amines is 2. The van der Waals surface area contributed by atoms with Gasteiger partial charge in [-0.05, 0) is 18.2 Å². The van der Waals surface area contributed by atoms with Crippen LogP contribution in [0.2, 0.25) is 0 Å². The normalized spacial score (nSPS) is 11.1.